The molecule has 0 aromatic heterocycles. The fourth-order valence-corrected chi connectivity index (χ4v) is 3.05. The van der Waals surface area contributed by atoms with Crippen molar-refractivity contribution in [1.29, 1.82) is 0 Å². The first-order chi connectivity index (χ1) is 12.1. The SMILES string of the molecule is CN(C)CCN1CCN(C(=O)NCc2ccccc2)c2ccccc21. The monoisotopic (exact) mass is 338 g/mol. The van der Waals surface area contributed by atoms with Gasteiger partial charge in [-0.3, -0.25) is 4.90 Å². The number of urea groups is 1. The molecule has 1 aliphatic heterocycles. The maximum atomic E-state index is 12.7. The van der Waals surface area contributed by atoms with Crippen molar-refractivity contribution in [1.82, 2.24) is 10.2 Å². The Bertz CT molecular complexity index is 702. The predicted molar refractivity (Wildman–Crippen MR) is 103 cm³/mol. The lowest BCUT2D eigenvalue weighted by Gasteiger charge is -2.38. The summed E-state index contributed by atoms with van der Waals surface area (Å²) in [7, 11) is 4.17. The van der Waals surface area contributed by atoms with Crippen molar-refractivity contribution in [3.05, 3.63) is 60.2 Å². The largest absolute Gasteiger partial charge is 0.367 e. The van der Waals surface area contributed by atoms with E-state index < -0.39 is 0 Å². The zero-order valence-electron chi connectivity index (χ0n) is 15.0. The Balaban J connectivity index is 1.69. The first-order valence-electron chi connectivity index (χ1n) is 8.73. The number of nitrogens with zero attached hydrogens (tertiary/aromatic N) is 3. The minimum Gasteiger partial charge on any atom is -0.367 e. The Morgan fingerprint density at radius 2 is 1.68 bits per heavy atom. The highest BCUT2D eigenvalue weighted by Crippen LogP contribution is 2.32. The van der Waals surface area contributed by atoms with E-state index in [1.54, 1.807) is 0 Å². The van der Waals surface area contributed by atoms with Gasteiger partial charge in [0.2, 0.25) is 0 Å². The van der Waals surface area contributed by atoms with Gasteiger partial charge in [0.15, 0.2) is 0 Å². The summed E-state index contributed by atoms with van der Waals surface area (Å²) < 4.78 is 0. The lowest BCUT2D eigenvalue weighted by molar-refractivity contribution is 0.245. The number of likely N-dealkylation sites (N-methyl/N-ethyl adjacent to an activating group) is 1. The van der Waals surface area contributed by atoms with E-state index in [2.05, 4.69) is 35.3 Å². The van der Waals surface area contributed by atoms with E-state index >= 15 is 0 Å². The summed E-state index contributed by atoms with van der Waals surface area (Å²) in [6.07, 6.45) is 0. The summed E-state index contributed by atoms with van der Waals surface area (Å²) in [6.45, 7) is 4.05. The summed E-state index contributed by atoms with van der Waals surface area (Å²) in [6, 6.07) is 18.1. The molecular formula is C20H26N4O. The maximum Gasteiger partial charge on any atom is 0.322 e. The second-order valence-electron chi connectivity index (χ2n) is 6.57. The quantitative estimate of drug-likeness (QED) is 0.911. The van der Waals surface area contributed by atoms with Gasteiger partial charge >= 0.3 is 6.03 Å². The molecule has 0 atom stereocenters. The van der Waals surface area contributed by atoms with Crippen LogP contribution in [0.4, 0.5) is 16.2 Å². The van der Waals surface area contributed by atoms with E-state index in [9.17, 15) is 4.79 Å². The number of fused-ring (bicyclic) bond motifs is 1. The number of carbonyl (C=O) groups excluding carboxylic acids is 1. The van der Waals surface area contributed by atoms with Gasteiger partial charge in [0.25, 0.3) is 0 Å². The fraction of sp³-hybridized carbons (Fsp3) is 0.350. The summed E-state index contributed by atoms with van der Waals surface area (Å²) in [5, 5.41) is 3.03. The predicted octanol–water partition coefficient (Wildman–Crippen LogP) is 2.78. The van der Waals surface area contributed by atoms with Crippen LogP contribution in [0.15, 0.2) is 54.6 Å². The number of anilines is 2. The van der Waals surface area contributed by atoms with E-state index in [1.807, 2.05) is 53.4 Å². The second kappa shape index (κ2) is 8.03. The van der Waals surface area contributed by atoms with Crippen molar-refractivity contribution in [2.75, 3.05) is 50.1 Å². The zero-order valence-corrected chi connectivity index (χ0v) is 15.0. The summed E-state index contributed by atoms with van der Waals surface area (Å²) >= 11 is 0. The Kier molecular flexibility index (Phi) is 5.56. The Morgan fingerprint density at radius 3 is 2.40 bits per heavy atom. The molecule has 5 heteroatoms. The third-order valence-electron chi connectivity index (χ3n) is 4.46. The molecule has 5 nitrogen and oxygen atoms in total. The first kappa shape index (κ1) is 17.3. The van der Waals surface area contributed by atoms with Crippen LogP contribution in [-0.4, -0.2) is 51.2 Å². The first-order valence-corrected chi connectivity index (χ1v) is 8.73. The molecule has 25 heavy (non-hydrogen) atoms. The van der Waals surface area contributed by atoms with Crippen LogP contribution < -0.4 is 15.1 Å². The van der Waals surface area contributed by atoms with Crippen LogP contribution in [-0.2, 0) is 6.54 Å². The highest BCUT2D eigenvalue weighted by molar-refractivity contribution is 5.96. The molecule has 1 N–H and O–H groups in total. The molecule has 2 aromatic carbocycles. The Morgan fingerprint density at radius 1 is 1.00 bits per heavy atom. The summed E-state index contributed by atoms with van der Waals surface area (Å²) in [5.41, 5.74) is 3.22. The van der Waals surface area contributed by atoms with Crippen LogP contribution in [0.1, 0.15) is 5.56 Å². The number of rotatable bonds is 5. The average molecular weight is 338 g/mol. The molecule has 0 aliphatic carbocycles. The van der Waals surface area contributed by atoms with Gasteiger partial charge < -0.3 is 15.1 Å². The minimum absolute atomic E-state index is 0.0384. The van der Waals surface area contributed by atoms with Gasteiger partial charge in [0, 0.05) is 32.7 Å². The fourth-order valence-electron chi connectivity index (χ4n) is 3.05. The molecule has 1 heterocycles. The van der Waals surface area contributed by atoms with Gasteiger partial charge in [-0.25, -0.2) is 4.79 Å². The van der Waals surface area contributed by atoms with Crippen molar-refractivity contribution in [3.8, 4) is 0 Å². The number of hydrogen-bond donors (Lipinski definition) is 1. The summed E-state index contributed by atoms with van der Waals surface area (Å²) in [4.78, 5) is 19.1. The van der Waals surface area contributed by atoms with Gasteiger partial charge in [-0.2, -0.15) is 0 Å². The molecule has 3 rings (SSSR count). The molecule has 0 fully saturated rings. The van der Waals surface area contributed by atoms with Crippen LogP contribution >= 0.6 is 0 Å². The van der Waals surface area contributed by atoms with Crippen LogP contribution in [0.2, 0.25) is 0 Å². The molecule has 0 saturated heterocycles. The maximum absolute atomic E-state index is 12.7. The second-order valence-corrected chi connectivity index (χ2v) is 6.57. The van der Waals surface area contributed by atoms with E-state index in [0.29, 0.717) is 13.1 Å². The third-order valence-corrected chi connectivity index (χ3v) is 4.46. The normalized spacial score (nSPS) is 13.7. The lowest BCUT2D eigenvalue weighted by atomic mass is 10.1. The Labute approximate surface area is 149 Å². The number of amides is 2. The molecule has 2 amide bonds. The Hall–Kier alpha value is -2.53. The van der Waals surface area contributed by atoms with E-state index in [-0.39, 0.29) is 6.03 Å². The van der Waals surface area contributed by atoms with Crippen molar-refractivity contribution in [2.24, 2.45) is 0 Å². The van der Waals surface area contributed by atoms with E-state index in [1.165, 1.54) is 0 Å². The number of hydrogen-bond acceptors (Lipinski definition) is 3. The number of para-hydroxylation sites is 2. The topological polar surface area (TPSA) is 38.8 Å². The van der Waals surface area contributed by atoms with Gasteiger partial charge in [-0.15, -0.1) is 0 Å². The number of nitrogens with one attached hydrogen (secondary N) is 1. The molecular weight excluding hydrogens is 312 g/mol. The van der Waals surface area contributed by atoms with Crippen molar-refractivity contribution >= 4 is 17.4 Å². The molecule has 0 radical (unpaired) electrons. The van der Waals surface area contributed by atoms with Crippen molar-refractivity contribution in [2.45, 2.75) is 6.54 Å². The smallest absolute Gasteiger partial charge is 0.322 e. The van der Waals surface area contributed by atoms with E-state index in [4.69, 9.17) is 0 Å². The molecule has 0 spiro atoms. The standard InChI is InChI=1S/C20H26N4O/c1-22(2)12-13-23-14-15-24(19-11-7-6-10-18(19)23)20(25)21-16-17-8-4-3-5-9-17/h3-11H,12-16H2,1-2H3,(H,21,25). The highest BCUT2D eigenvalue weighted by atomic mass is 16.2. The average Bonchev–Trinajstić information content (AvgIpc) is 2.65. The van der Waals surface area contributed by atoms with Crippen molar-refractivity contribution < 1.29 is 4.79 Å². The number of carbonyl (C=O) groups is 1. The highest BCUT2D eigenvalue weighted by Gasteiger charge is 2.26. The van der Waals surface area contributed by atoms with E-state index in [0.717, 1.165) is 36.6 Å². The van der Waals surface area contributed by atoms with Crippen molar-refractivity contribution in [3.63, 3.8) is 0 Å². The minimum atomic E-state index is -0.0384. The third kappa shape index (κ3) is 4.31. The molecule has 0 saturated carbocycles. The van der Waals surface area contributed by atoms with Gasteiger partial charge in [0.05, 0.1) is 11.4 Å². The van der Waals surface area contributed by atoms with Gasteiger partial charge in [0.1, 0.15) is 0 Å². The molecule has 0 unspecified atom stereocenters. The lowest BCUT2D eigenvalue weighted by Crippen LogP contribution is -2.49. The zero-order chi connectivity index (χ0) is 17.6. The van der Waals surface area contributed by atoms with Gasteiger partial charge in [-0.05, 0) is 31.8 Å². The molecule has 2 aromatic rings. The van der Waals surface area contributed by atoms with Crippen LogP contribution in [0.5, 0.6) is 0 Å². The summed E-state index contributed by atoms with van der Waals surface area (Å²) in [5.74, 6) is 0. The van der Waals surface area contributed by atoms with Gasteiger partial charge in [-0.1, -0.05) is 42.5 Å². The molecule has 132 valence electrons. The van der Waals surface area contributed by atoms with Crippen LogP contribution in [0.25, 0.3) is 0 Å². The molecule has 0 bridgehead atoms. The van der Waals surface area contributed by atoms with Crippen LogP contribution in [0, 0.1) is 0 Å². The van der Waals surface area contributed by atoms with Crippen LogP contribution in [0.3, 0.4) is 0 Å². The number of benzene rings is 2. The molecule has 1 aliphatic rings.